The fourth-order valence-corrected chi connectivity index (χ4v) is 3.09. The summed E-state index contributed by atoms with van der Waals surface area (Å²) < 4.78 is 24.5. The van der Waals surface area contributed by atoms with Gasteiger partial charge in [-0.05, 0) is 31.4 Å². The van der Waals surface area contributed by atoms with Gasteiger partial charge in [-0.1, -0.05) is 6.07 Å². The highest BCUT2D eigenvalue weighted by atomic mass is 19.1. The third-order valence-corrected chi connectivity index (χ3v) is 4.31. The number of halogens is 1. The van der Waals surface area contributed by atoms with Gasteiger partial charge < -0.3 is 14.4 Å². The highest BCUT2D eigenvalue weighted by Crippen LogP contribution is 2.31. The van der Waals surface area contributed by atoms with E-state index in [-0.39, 0.29) is 23.3 Å². The molecule has 1 aliphatic rings. The summed E-state index contributed by atoms with van der Waals surface area (Å²) in [5.74, 6) is 0.166. The molecule has 2 aromatic rings. The molecule has 1 N–H and O–H groups in total. The van der Waals surface area contributed by atoms with Crippen molar-refractivity contribution in [2.75, 3.05) is 20.8 Å². The Bertz CT molecular complexity index is 749. The lowest BCUT2D eigenvalue weighted by Crippen LogP contribution is -2.39. The van der Waals surface area contributed by atoms with Crippen molar-refractivity contribution in [2.24, 2.45) is 0 Å². The summed E-state index contributed by atoms with van der Waals surface area (Å²) in [7, 11) is 2.95. The zero-order chi connectivity index (χ0) is 17.8. The van der Waals surface area contributed by atoms with Crippen molar-refractivity contribution in [1.29, 1.82) is 0 Å². The maximum absolute atomic E-state index is 14.5. The van der Waals surface area contributed by atoms with Crippen LogP contribution in [0.4, 0.5) is 4.39 Å². The molecule has 0 bridgehead atoms. The van der Waals surface area contributed by atoms with Crippen LogP contribution in [0, 0.1) is 5.82 Å². The molecular formula is C17H21FN4O3. The van der Waals surface area contributed by atoms with Crippen molar-refractivity contribution < 1.29 is 18.7 Å². The Hall–Kier alpha value is -2.48. The maximum Gasteiger partial charge on any atom is 0.257 e. The molecule has 0 spiro atoms. The topological polar surface area (TPSA) is 80.3 Å². The predicted molar refractivity (Wildman–Crippen MR) is 87.7 cm³/mol. The zero-order valence-corrected chi connectivity index (χ0v) is 14.3. The van der Waals surface area contributed by atoms with Crippen LogP contribution in [0.15, 0.2) is 18.2 Å². The Morgan fingerprint density at radius 1 is 1.40 bits per heavy atom. The van der Waals surface area contributed by atoms with E-state index in [1.165, 1.54) is 19.2 Å². The summed E-state index contributed by atoms with van der Waals surface area (Å²) in [6.45, 7) is 0.854. The van der Waals surface area contributed by atoms with Gasteiger partial charge in [-0.3, -0.25) is 9.89 Å². The molecule has 0 unspecified atom stereocenters. The molecule has 1 fully saturated rings. The minimum absolute atomic E-state index is 0.00102. The smallest absolute Gasteiger partial charge is 0.257 e. The number of piperidine rings is 1. The Morgan fingerprint density at radius 3 is 3.00 bits per heavy atom. The number of hydrogen-bond donors (Lipinski definition) is 1. The molecular weight excluding hydrogens is 327 g/mol. The van der Waals surface area contributed by atoms with Crippen LogP contribution < -0.4 is 4.74 Å². The molecule has 1 saturated heterocycles. The number of rotatable bonds is 5. The van der Waals surface area contributed by atoms with E-state index in [0.717, 1.165) is 19.3 Å². The lowest BCUT2D eigenvalue weighted by Gasteiger charge is -2.34. The van der Waals surface area contributed by atoms with Crippen LogP contribution >= 0.6 is 0 Å². The van der Waals surface area contributed by atoms with Gasteiger partial charge in [0.25, 0.3) is 5.91 Å². The normalized spacial score (nSPS) is 17.6. The monoisotopic (exact) mass is 348 g/mol. The number of aromatic amines is 1. The van der Waals surface area contributed by atoms with E-state index >= 15 is 0 Å². The molecule has 2 heterocycles. The molecule has 1 aromatic heterocycles. The predicted octanol–water partition coefficient (Wildman–Crippen LogP) is 2.47. The first-order valence-electron chi connectivity index (χ1n) is 8.19. The number of carbonyl (C=O) groups is 1. The van der Waals surface area contributed by atoms with Crippen LogP contribution in [0.25, 0.3) is 0 Å². The number of aromatic nitrogens is 3. The molecule has 1 amide bonds. The number of benzene rings is 1. The molecule has 25 heavy (non-hydrogen) atoms. The fraction of sp³-hybridized carbons (Fsp3) is 0.471. The molecule has 0 aliphatic carbocycles. The zero-order valence-electron chi connectivity index (χ0n) is 14.3. The minimum atomic E-state index is -0.644. The average Bonchev–Trinajstić information content (AvgIpc) is 3.10. The first kappa shape index (κ1) is 17.3. The average molecular weight is 348 g/mol. The summed E-state index contributed by atoms with van der Waals surface area (Å²) >= 11 is 0. The van der Waals surface area contributed by atoms with Crippen LogP contribution in [-0.4, -0.2) is 46.8 Å². The molecule has 8 heteroatoms. The Morgan fingerprint density at radius 2 is 2.24 bits per heavy atom. The SMILES string of the molecule is COCc1nc([C@@H]2CCCCN2C(=O)c2cccc(OC)c2F)n[nH]1. The second-order valence-electron chi connectivity index (χ2n) is 5.91. The molecule has 7 nitrogen and oxygen atoms in total. The largest absolute Gasteiger partial charge is 0.494 e. The highest BCUT2D eigenvalue weighted by molar-refractivity contribution is 5.95. The summed E-state index contributed by atoms with van der Waals surface area (Å²) in [5, 5.41) is 7.03. The summed E-state index contributed by atoms with van der Waals surface area (Å²) in [6.07, 6.45) is 2.56. The van der Waals surface area contributed by atoms with E-state index in [9.17, 15) is 9.18 Å². The highest BCUT2D eigenvalue weighted by Gasteiger charge is 2.33. The quantitative estimate of drug-likeness (QED) is 0.898. The Labute approximate surface area is 145 Å². The number of hydrogen-bond acceptors (Lipinski definition) is 5. The molecule has 134 valence electrons. The van der Waals surface area contributed by atoms with Gasteiger partial charge in [0.1, 0.15) is 6.61 Å². The fourth-order valence-electron chi connectivity index (χ4n) is 3.09. The van der Waals surface area contributed by atoms with Crippen LogP contribution in [0.1, 0.15) is 47.3 Å². The van der Waals surface area contributed by atoms with Crippen LogP contribution in [-0.2, 0) is 11.3 Å². The van der Waals surface area contributed by atoms with Gasteiger partial charge >= 0.3 is 0 Å². The van der Waals surface area contributed by atoms with Gasteiger partial charge in [0.05, 0.1) is 18.7 Å². The van der Waals surface area contributed by atoms with Gasteiger partial charge in [0, 0.05) is 13.7 Å². The number of methoxy groups -OCH3 is 2. The van der Waals surface area contributed by atoms with E-state index in [4.69, 9.17) is 9.47 Å². The molecule has 0 radical (unpaired) electrons. The third-order valence-electron chi connectivity index (χ3n) is 4.31. The van der Waals surface area contributed by atoms with Crippen LogP contribution in [0.3, 0.4) is 0 Å². The van der Waals surface area contributed by atoms with Crippen molar-refractivity contribution in [3.05, 3.63) is 41.2 Å². The third kappa shape index (κ3) is 3.48. The Kier molecular flexibility index (Phi) is 5.28. The molecule has 1 aromatic carbocycles. The molecule has 3 rings (SSSR count). The molecule has 1 atom stereocenters. The Balaban J connectivity index is 1.88. The number of H-pyrrole nitrogens is 1. The molecule has 1 aliphatic heterocycles. The van der Waals surface area contributed by atoms with Crippen molar-refractivity contribution in [2.45, 2.75) is 31.9 Å². The summed E-state index contributed by atoms with van der Waals surface area (Å²) in [5.41, 5.74) is -0.00102. The van der Waals surface area contributed by atoms with E-state index in [1.54, 1.807) is 18.1 Å². The number of nitrogens with one attached hydrogen (secondary N) is 1. The van der Waals surface area contributed by atoms with Crippen molar-refractivity contribution in [1.82, 2.24) is 20.1 Å². The number of amides is 1. The van der Waals surface area contributed by atoms with Gasteiger partial charge in [-0.25, -0.2) is 9.37 Å². The first-order valence-corrected chi connectivity index (χ1v) is 8.19. The van der Waals surface area contributed by atoms with Crippen molar-refractivity contribution in [3.63, 3.8) is 0 Å². The minimum Gasteiger partial charge on any atom is -0.494 e. The summed E-state index contributed by atoms with van der Waals surface area (Å²) in [6, 6.07) is 4.29. The maximum atomic E-state index is 14.5. The van der Waals surface area contributed by atoms with E-state index < -0.39 is 5.82 Å². The van der Waals surface area contributed by atoms with Gasteiger partial charge in [0.2, 0.25) is 0 Å². The van der Waals surface area contributed by atoms with Gasteiger partial charge in [-0.15, -0.1) is 0 Å². The van der Waals surface area contributed by atoms with Crippen LogP contribution in [0.5, 0.6) is 5.75 Å². The first-order chi connectivity index (χ1) is 12.2. The number of nitrogens with zero attached hydrogens (tertiary/aromatic N) is 3. The summed E-state index contributed by atoms with van der Waals surface area (Å²) in [4.78, 5) is 19.0. The van der Waals surface area contributed by atoms with Crippen molar-refractivity contribution >= 4 is 5.91 Å². The van der Waals surface area contributed by atoms with E-state index in [1.807, 2.05) is 0 Å². The van der Waals surface area contributed by atoms with E-state index in [2.05, 4.69) is 15.2 Å². The van der Waals surface area contributed by atoms with Crippen molar-refractivity contribution in [3.8, 4) is 5.75 Å². The second kappa shape index (κ2) is 7.60. The van der Waals surface area contributed by atoms with Gasteiger partial charge in [0.15, 0.2) is 23.2 Å². The number of carbonyl (C=O) groups excluding carboxylic acids is 1. The number of likely N-dealkylation sites (tertiary alicyclic amines) is 1. The molecule has 0 saturated carbocycles. The standard InChI is InChI=1S/C17H21FN4O3/c1-24-10-14-19-16(21-20-14)12-7-3-4-9-22(12)17(23)11-6-5-8-13(25-2)15(11)18/h5-6,8,12H,3-4,7,9-10H2,1-2H3,(H,19,20,21)/t12-/m0/s1. The van der Waals surface area contributed by atoms with Crippen LogP contribution in [0.2, 0.25) is 0 Å². The lowest BCUT2D eigenvalue weighted by molar-refractivity contribution is 0.0594. The van der Waals surface area contributed by atoms with Gasteiger partial charge in [-0.2, -0.15) is 5.10 Å². The number of ether oxygens (including phenoxy) is 2. The second-order valence-corrected chi connectivity index (χ2v) is 5.91. The van der Waals surface area contributed by atoms with E-state index in [0.29, 0.717) is 24.8 Å². The lowest BCUT2D eigenvalue weighted by atomic mass is 10.00.